The SMILES string of the molecule is CC1CC(C)N(C(C)CC(C)(NC2CC2)C(=O)O)C1. The summed E-state index contributed by atoms with van der Waals surface area (Å²) < 4.78 is 0. The molecule has 4 unspecified atom stereocenters. The predicted molar refractivity (Wildman–Crippen MR) is 76.2 cm³/mol. The molecule has 0 amide bonds. The molecular formula is C15H28N2O2. The zero-order valence-corrected chi connectivity index (χ0v) is 12.6. The van der Waals surface area contributed by atoms with E-state index in [-0.39, 0.29) is 0 Å². The highest BCUT2D eigenvalue weighted by Gasteiger charge is 2.41. The predicted octanol–water partition coefficient (Wildman–Crippen LogP) is 2.09. The molecule has 2 fully saturated rings. The molecule has 0 aromatic rings. The average Bonchev–Trinajstić information content (AvgIpc) is 3.02. The first kappa shape index (κ1) is 14.8. The second-order valence-corrected chi connectivity index (χ2v) is 7.00. The average molecular weight is 268 g/mol. The van der Waals surface area contributed by atoms with E-state index in [2.05, 4.69) is 31.0 Å². The number of carboxylic acids is 1. The van der Waals surface area contributed by atoms with Crippen LogP contribution in [0.5, 0.6) is 0 Å². The van der Waals surface area contributed by atoms with E-state index in [0.717, 1.165) is 25.3 Å². The van der Waals surface area contributed by atoms with E-state index < -0.39 is 11.5 Å². The number of carbonyl (C=O) groups is 1. The van der Waals surface area contributed by atoms with Crippen molar-refractivity contribution in [2.45, 2.75) is 77.0 Å². The van der Waals surface area contributed by atoms with Gasteiger partial charge in [-0.2, -0.15) is 0 Å². The second-order valence-electron chi connectivity index (χ2n) is 7.00. The van der Waals surface area contributed by atoms with Crippen molar-refractivity contribution in [1.29, 1.82) is 0 Å². The van der Waals surface area contributed by atoms with Crippen molar-refractivity contribution in [2.24, 2.45) is 5.92 Å². The maximum absolute atomic E-state index is 11.6. The molecule has 19 heavy (non-hydrogen) atoms. The molecule has 1 saturated heterocycles. The lowest BCUT2D eigenvalue weighted by Gasteiger charge is -2.35. The van der Waals surface area contributed by atoms with Crippen LogP contribution in [0.3, 0.4) is 0 Å². The van der Waals surface area contributed by atoms with Crippen LogP contribution in [0.25, 0.3) is 0 Å². The molecule has 0 spiro atoms. The number of aliphatic carboxylic acids is 1. The molecule has 1 heterocycles. The molecule has 0 radical (unpaired) electrons. The van der Waals surface area contributed by atoms with E-state index in [9.17, 15) is 9.90 Å². The van der Waals surface area contributed by atoms with E-state index >= 15 is 0 Å². The van der Waals surface area contributed by atoms with Crippen LogP contribution in [-0.2, 0) is 4.79 Å². The quantitative estimate of drug-likeness (QED) is 0.774. The first-order valence-electron chi connectivity index (χ1n) is 7.58. The summed E-state index contributed by atoms with van der Waals surface area (Å²) >= 11 is 0. The van der Waals surface area contributed by atoms with Crippen molar-refractivity contribution in [3.05, 3.63) is 0 Å². The standard InChI is InChI=1S/C15H28N2O2/c1-10-7-11(2)17(9-10)12(3)8-15(4,14(18)19)16-13-5-6-13/h10-13,16H,5-9H2,1-4H3,(H,18,19). The number of nitrogens with zero attached hydrogens (tertiary/aromatic N) is 1. The second kappa shape index (κ2) is 5.41. The van der Waals surface area contributed by atoms with E-state index in [0.29, 0.717) is 24.5 Å². The lowest BCUT2D eigenvalue weighted by atomic mass is 9.92. The number of hydrogen-bond acceptors (Lipinski definition) is 3. The lowest BCUT2D eigenvalue weighted by molar-refractivity contribution is -0.145. The number of rotatable bonds is 6. The largest absolute Gasteiger partial charge is 0.480 e. The fraction of sp³-hybridized carbons (Fsp3) is 0.933. The Morgan fingerprint density at radius 1 is 1.47 bits per heavy atom. The molecule has 0 aromatic heterocycles. The Kier molecular flexibility index (Phi) is 4.21. The molecular weight excluding hydrogens is 240 g/mol. The van der Waals surface area contributed by atoms with Crippen LogP contribution in [0.2, 0.25) is 0 Å². The minimum atomic E-state index is -0.786. The maximum Gasteiger partial charge on any atom is 0.323 e. The molecule has 2 N–H and O–H groups in total. The Hall–Kier alpha value is -0.610. The molecule has 2 aliphatic rings. The van der Waals surface area contributed by atoms with Gasteiger partial charge in [0.05, 0.1) is 0 Å². The summed E-state index contributed by atoms with van der Waals surface area (Å²) in [7, 11) is 0. The summed E-state index contributed by atoms with van der Waals surface area (Å²) in [4.78, 5) is 14.1. The highest BCUT2D eigenvalue weighted by atomic mass is 16.4. The Morgan fingerprint density at radius 3 is 2.53 bits per heavy atom. The molecule has 0 aromatic carbocycles. The van der Waals surface area contributed by atoms with E-state index in [1.807, 2.05) is 6.92 Å². The molecule has 4 heteroatoms. The zero-order valence-electron chi connectivity index (χ0n) is 12.6. The van der Waals surface area contributed by atoms with Gasteiger partial charge in [-0.3, -0.25) is 15.0 Å². The van der Waals surface area contributed by atoms with Crippen LogP contribution in [0.1, 0.15) is 53.4 Å². The van der Waals surface area contributed by atoms with Crippen molar-refractivity contribution < 1.29 is 9.90 Å². The number of nitrogens with one attached hydrogen (secondary N) is 1. The molecule has 0 bridgehead atoms. The van der Waals surface area contributed by atoms with Gasteiger partial charge >= 0.3 is 5.97 Å². The maximum atomic E-state index is 11.6. The molecule has 4 nitrogen and oxygen atoms in total. The van der Waals surface area contributed by atoms with Crippen LogP contribution in [0.15, 0.2) is 0 Å². The Morgan fingerprint density at radius 2 is 2.11 bits per heavy atom. The Bertz CT molecular complexity index is 343. The molecule has 1 aliphatic heterocycles. The highest BCUT2D eigenvalue weighted by molar-refractivity contribution is 5.78. The topological polar surface area (TPSA) is 52.6 Å². The van der Waals surface area contributed by atoms with Crippen LogP contribution >= 0.6 is 0 Å². The minimum absolute atomic E-state index is 0.312. The van der Waals surface area contributed by atoms with Crippen molar-refractivity contribution >= 4 is 5.97 Å². The van der Waals surface area contributed by atoms with Crippen LogP contribution < -0.4 is 5.32 Å². The monoisotopic (exact) mass is 268 g/mol. The number of likely N-dealkylation sites (tertiary alicyclic amines) is 1. The van der Waals surface area contributed by atoms with Crippen LogP contribution in [0.4, 0.5) is 0 Å². The Labute approximate surface area is 116 Å². The number of carboxylic acid groups (broad SMARTS) is 1. The van der Waals surface area contributed by atoms with Gasteiger partial charge in [0.2, 0.25) is 0 Å². The third-order valence-corrected chi connectivity index (χ3v) is 4.67. The van der Waals surface area contributed by atoms with Gasteiger partial charge in [-0.05, 0) is 52.4 Å². The van der Waals surface area contributed by atoms with Crippen LogP contribution in [0, 0.1) is 5.92 Å². The van der Waals surface area contributed by atoms with Gasteiger partial charge in [-0.1, -0.05) is 6.92 Å². The summed E-state index contributed by atoms with van der Waals surface area (Å²) in [6.45, 7) is 9.65. The summed E-state index contributed by atoms with van der Waals surface area (Å²) in [5, 5.41) is 12.9. The number of hydrogen-bond donors (Lipinski definition) is 2. The third kappa shape index (κ3) is 3.48. The van der Waals surface area contributed by atoms with Crippen molar-refractivity contribution in [1.82, 2.24) is 10.2 Å². The third-order valence-electron chi connectivity index (χ3n) is 4.67. The highest BCUT2D eigenvalue weighted by Crippen LogP contribution is 2.30. The molecule has 2 rings (SSSR count). The van der Waals surface area contributed by atoms with Crippen LogP contribution in [-0.4, -0.2) is 46.2 Å². The van der Waals surface area contributed by atoms with Crippen molar-refractivity contribution in [3.63, 3.8) is 0 Å². The van der Waals surface area contributed by atoms with E-state index in [1.165, 1.54) is 6.42 Å². The van der Waals surface area contributed by atoms with E-state index in [4.69, 9.17) is 0 Å². The fourth-order valence-corrected chi connectivity index (χ4v) is 3.54. The smallest absolute Gasteiger partial charge is 0.323 e. The normalized spacial score (nSPS) is 33.1. The molecule has 1 saturated carbocycles. The first-order valence-corrected chi connectivity index (χ1v) is 7.58. The lowest BCUT2D eigenvalue weighted by Crippen LogP contribution is -2.54. The van der Waals surface area contributed by atoms with Gasteiger partial charge in [0.1, 0.15) is 5.54 Å². The zero-order chi connectivity index (χ0) is 14.2. The van der Waals surface area contributed by atoms with Gasteiger partial charge in [0.25, 0.3) is 0 Å². The fourth-order valence-electron chi connectivity index (χ4n) is 3.54. The van der Waals surface area contributed by atoms with Gasteiger partial charge in [-0.25, -0.2) is 0 Å². The summed E-state index contributed by atoms with van der Waals surface area (Å²) in [5.74, 6) is 0.0103. The van der Waals surface area contributed by atoms with Gasteiger partial charge in [0, 0.05) is 24.7 Å². The first-order chi connectivity index (χ1) is 8.82. The van der Waals surface area contributed by atoms with Gasteiger partial charge < -0.3 is 5.11 Å². The van der Waals surface area contributed by atoms with Crippen molar-refractivity contribution in [3.8, 4) is 0 Å². The molecule has 110 valence electrons. The summed E-state index contributed by atoms with van der Waals surface area (Å²) in [6, 6.07) is 1.31. The van der Waals surface area contributed by atoms with E-state index in [1.54, 1.807) is 0 Å². The summed E-state index contributed by atoms with van der Waals surface area (Å²) in [5.41, 5.74) is -0.786. The molecule has 1 aliphatic carbocycles. The van der Waals surface area contributed by atoms with Crippen molar-refractivity contribution in [2.75, 3.05) is 6.54 Å². The minimum Gasteiger partial charge on any atom is -0.480 e. The Balaban J connectivity index is 1.98. The molecule has 4 atom stereocenters. The van der Waals surface area contributed by atoms with Gasteiger partial charge in [0.15, 0.2) is 0 Å². The summed E-state index contributed by atoms with van der Waals surface area (Å²) in [6.07, 6.45) is 4.14. The van der Waals surface area contributed by atoms with Gasteiger partial charge in [-0.15, -0.1) is 0 Å².